The predicted molar refractivity (Wildman–Crippen MR) is 84.2 cm³/mol. The summed E-state index contributed by atoms with van der Waals surface area (Å²) in [7, 11) is -3.35. The van der Waals surface area contributed by atoms with E-state index in [0.29, 0.717) is 18.1 Å². The van der Waals surface area contributed by atoms with Crippen LogP contribution in [0.5, 0.6) is 0 Å². The van der Waals surface area contributed by atoms with E-state index in [0.717, 1.165) is 25.7 Å². The second-order valence-electron chi connectivity index (χ2n) is 6.00. The molecule has 1 fully saturated rings. The standard InChI is InChI=1S/C14H22N6O2S/c1-2-19-13(8-9-15-19)10-23(21,22)11-14-16-17-18-20(14)12-6-4-3-5-7-12/h8-9,12H,2-7,10-11H2,1H3. The molecule has 0 bridgehead atoms. The summed E-state index contributed by atoms with van der Waals surface area (Å²) in [4.78, 5) is 0. The molecule has 3 rings (SSSR count). The second kappa shape index (κ2) is 6.77. The minimum absolute atomic E-state index is 0.0433. The first-order chi connectivity index (χ1) is 11.1. The Labute approximate surface area is 135 Å². The van der Waals surface area contributed by atoms with Crippen molar-refractivity contribution >= 4 is 9.84 Å². The lowest BCUT2D eigenvalue weighted by Crippen LogP contribution is -2.20. The van der Waals surface area contributed by atoms with E-state index in [9.17, 15) is 8.42 Å². The molecule has 1 aliphatic carbocycles. The van der Waals surface area contributed by atoms with Crippen molar-refractivity contribution in [3.63, 3.8) is 0 Å². The van der Waals surface area contributed by atoms with E-state index >= 15 is 0 Å². The first-order valence-corrected chi connectivity index (χ1v) is 9.89. The maximum absolute atomic E-state index is 12.5. The van der Waals surface area contributed by atoms with E-state index in [4.69, 9.17) is 0 Å². The van der Waals surface area contributed by atoms with Crippen molar-refractivity contribution in [1.82, 2.24) is 30.0 Å². The van der Waals surface area contributed by atoms with Crippen molar-refractivity contribution in [2.45, 2.75) is 63.1 Å². The van der Waals surface area contributed by atoms with E-state index in [1.54, 1.807) is 21.6 Å². The van der Waals surface area contributed by atoms with Crippen LogP contribution in [-0.2, 0) is 27.9 Å². The average Bonchev–Trinajstić information content (AvgIpc) is 3.16. The van der Waals surface area contributed by atoms with Gasteiger partial charge >= 0.3 is 0 Å². The molecule has 2 heterocycles. The minimum Gasteiger partial charge on any atom is -0.269 e. The van der Waals surface area contributed by atoms with E-state index in [1.165, 1.54) is 6.42 Å². The van der Waals surface area contributed by atoms with E-state index in [2.05, 4.69) is 20.6 Å². The molecule has 0 aliphatic heterocycles. The molecule has 0 unspecified atom stereocenters. The summed E-state index contributed by atoms with van der Waals surface area (Å²) in [5.74, 6) is 0.267. The Morgan fingerprint density at radius 3 is 2.74 bits per heavy atom. The number of hydrogen-bond acceptors (Lipinski definition) is 6. The van der Waals surface area contributed by atoms with Crippen molar-refractivity contribution < 1.29 is 8.42 Å². The van der Waals surface area contributed by atoms with Crippen LogP contribution >= 0.6 is 0 Å². The molecular formula is C14H22N6O2S. The van der Waals surface area contributed by atoms with Gasteiger partial charge in [-0.25, -0.2) is 13.1 Å². The lowest BCUT2D eigenvalue weighted by atomic mass is 9.96. The summed E-state index contributed by atoms with van der Waals surface area (Å²) in [5, 5.41) is 15.8. The molecule has 0 N–H and O–H groups in total. The van der Waals surface area contributed by atoms with Crippen LogP contribution in [0.3, 0.4) is 0 Å². The molecule has 1 aliphatic rings. The molecule has 0 amide bonds. The molecule has 2 aromatic rings. The summed E-state index contributed by atoms with van der Waals surface area (Å²) in [5.41, 5.74) is 0.698. The van der Waals surface area contributed by atoms with Crippen molar-refractivity contribution in [2.24, 2.45) is 0 Å². The molecule has 0 saturated heterocycles. The first kappa shape index (κ1) is 16.1. The third-order valence-electron chi connectivity index (χ3n) is 4.30. The first-order valence-electron chi connectivity index (χ1n) is 8.07. The van der Waals surface area contributed by atoms with Gasteiger partial charge in [-0.15, -0.1) is 5.10 Å². The zero-order chi connectivity index (χ0) is 16.3. The Morgan fingerprint density at radius 1 is 1.22 bits per heavy atom. The molecule has 2 aromatic heterocycles. The maximum atomic E-state index is 12.5. The highest BCUT2D eigenvalue weighted by atomic mass is 32.2. The molecule has 0 radical (unpaired) electrons. The Morgan fingerprint density at radius 2 is 2.00 bits per heavy atom. The summed E-state index contributed by atoms with van der Waals surface area (Å²) in [6.45, 7) is 2.59. The Balaban J connectivity index is 1.75. The van der Waals surface area contributed by atoms with Crippen LogP contribution in [-0.4, -0.2) is 38.4 Å². The third kappa shape index (κ3) is 3.77. The lowest BCUT2D eigenvalue weighted by molar-refractivity contribution is 0.318. The topological polar surface area (TPSA) is 95.6 Å². The molecule has 23 heavy (non-hydrogen) atoms. The molecule has 0 aromatic carbocycles. The third-order valence-corrected chi connectivity index (χ3v) is 5.74. The Kier molecular flexibility index (Phi) is 4.74. The molecule has 126 valence electrons. The van der Waals surface area contributed by atoms with Gasteiger partial charge in [0.25, 0.3) is 0 Å². The predicted octanol–water partition coefficient (Wildman–Crippen LogP) is 1.51. The van der Waals surface area contributed by atoms with Gasteiger partial charge in [0.15, 0.2) is 15.7 Å². The van der Waals surface area contributed by atoms with Gasteiger partial charge in [0.2, 0.25) is 0 Å². The molecule has 0 atom stereocenters. The second-order valence-corrected chi connectivity index (χ2v) is 8.07. The van der Waals surface area contributed by atoms with Crippen LogP contribution in [0.4, 0.5) is 0 Å². The maximum Gasteiger partial charge on any atom is 0.166 e. The Hall–Kier alpha value is -1.77. The average molecular weight is 338 g/mol. The highest BCUT2D eigenvalue weighted by Gasteiger charge is 2.24. The molecule has 1 saturated carbocycles. The van der Waals surface area contributed by atoms with E-state index in [1.807, 2.05) is 6.92 Å². The fraction of sp³-hybridized carbons (Fsp3) is 0.714. The van der Waals surface area contributed by atoms with Crippen molar-refractivity contribution in [3.8, 4) is 0 Å². The van der Waals surface area contributed by atoms with Crippen LogP contribution in [0.2, 0.25) is 0 Å². The highest BCUT2D eigenvalue weighted by Crippen LogP contribution is 2.28. The van der Waals surface area contributed by atoms with Gasteiger partial charge in [-0.05, 0) is 36.3 Å². The van der Waals surface area contributed by atoms with Crippen LogP contribution in [0.15, 0.2) is 12.3 Å². The highest BCUT2D eigenvalue weighted by molar-refractivity contribution is 7.89. The zero-order valence-electron chi connectivity index (χ0n) is 13.3. The van der Waals surface area contributed by atoms with Crippen molar-refractivity contribution in [1.29, 1.82) is 0 Å². The number of aryl methyl sites for hydroxylation is 1. The van der Waals surface area contributed by atoms with Gasteiger partial charge in [0.05, 0.1) is 17.5 Å². The van der Waals surface area contributed by atoms with Gasteiger partial charge in [0, 0.05) is 12.7 Å². The van der Waals surface area contributed by atoms with E-state index in [-0.39, 0.29) is 17.5 Å². The van der Waals surface area contributed by atoms with Gasteiger partial charge < -0.3 is 0 Å². The quantitative estimate of drug-likeness (QED) is 0.792. The lowest BCUT2D eigenvalue weighted by Gasteiger charge is -2.22. The summed E-state index contributed by atoms with van der Waals surface area (Å²) in [6.07, 6.45) is 7.17. The van der Waals surface area contributed by atoms with Crippen LogP contribution in [0.25, 0.3) is 0 Å². The number of nitrogens with zero attached hydrogens (tertiary/aromatic N) is 6. The molecule has 0 spiro atoms. The van der Waals surface area contributed by atoms with Gasteiger partial charge in [0.1, 0.15) is 5.75 Å². The molecular weight excluding hydrogens is 316 g/mol. The van der Waals surface area contributed by atoms with Gasteiger partial charge in [-0.2, -0.15) is 5.10 Å². The number of tetrazole rings is 1. The number of rotatable bonds is 6. The van der Waals surface area contributed by atoms with Crippen LogP contribution < -0.4 is 0 Å². The summed E-state index contributed by atoms with van der Waals surface area (Å²) >= 11 is 0. The summed E-state index contributed by atoms with van der Waals surface area (Å²) < 4.78 is 28.4. The van der Waals surface area contributed by atoms with Crippen LogP contribution in [0.1, 0.15) is 56.6 Å². The number of hydrogen-bond donors (Lipinski definition) is 0. The Bertz CT molecular complexity index is 745. The number of aromatic nitrogens is 6. The summed E-state index contributed by atoms with van der Waals surface area (Å²) in [6, 6.07) is 1.97. The van der Waals surface area contributed by atoms with E-state index < -0.39 is 9.84 Å². The fourth-order valence-electron chi connectivity index (χ4n) is 3.16. The number of sulfone groups is 1. The largest absolute Gasteiger partial charge is 0.269 e. The van der Waals surface area contributed by atoms with Gasteiger partial charge in [-0.1, -0.05) is 19.3 Å². The monoisotopic (exact) mass is 338 g/mol. The fourth-order valence-corrected chi connectivity index (χ4v) is 4.54. The van der Waals surface area contributed by atoms with Crippen LogP contribution in [0, 0.1) is 0 Å². The smallest absolute Gasteiger partial charge is 0.166 e. The molecule has 9 heteroatoms. The SMILES string of the molecule is CCn1nccc1CS(=O)(=O)Cc1nnnn1C1CCCCC1. The van der Waals surface area contributed by atoms with Gasteiger partial charge in [-0.3, -0.25) is 4.68 Å². The normalized spacial score (nSPS) is 16.7. The minimum atomic E-state index is -3.35. The zero-order valence-corrected chi connectivity index (χ0v) is 14.1. The molecule has 8 nitrogen and oxygen atoms in total. The van der Waals surface area contributed by atoms with Crippen molar-refractivity contribution in [2.75, 3.05) is 0 Å². The van der Waals surface area contributed by atoms with Crippen molar-refractivity contribution in [3.05, 3.63) is 23.8 Å².